The largest absolute Gasteiger partial charge is 0.394 e. The van der Waals surface area contributed by atoms with Gasteiger partial charge in [-0.25, -0.2) is 0 Å². The minimum atomic E-state index is -0.775. The van der Waals surface area contributed by atoms with Gasteiger partial charge in [-0.1, -0.05) is 13.8 Å². The molecule has 5 nitrogen and oxygen atoms in total. The van der Waals surface area contributed by atoms with Crippen LogP contribution in [0, 0.1) is 0 Å². The van der Waals surface area contributed by atoms with Crippen LogP contribution in [-0.2, 0) is 4.79 Å². The Morgan fingerprint density at radius 2 is 1.88 bits per heavy atom. The summed E-state index contributed by atoms with van der Waals surface area (Å²) in [6, 6.07) is -0.425. The van der Waals surface area contributed by atoms with E-state index in [2.05, 4.69) is 10.6 Å². The number of amides is 1. The molecule has 96 valence electrons. The van der Waals surface area contributed by atoms with E-state index < -0.39 is 11.6 Å². The number of carbonyl (C=O) groups excluding carboxylic acids is 1. The SMILES string of the molecule is CCCNC(=O)C(C)NC(CC)(CO)CO. The Balaban J connectivity index is 4.28. The fourth-order valence-electron chi connectivity index (χ4n) is 1.39. The first-order valence-electron chi connectivity index (χ1n) is 5.82. The lowest BCUT2D eigenvalue weighted by Crippen LogP contribution is -2.58. The van der Waals surface area contributed by atoms with Crippen molar-refractivity contribution in [3.05, 3.63) is 0 Å². The van der Waals surface area contributed by atoms with E-state index in [9.17, 15) is 15.0 Å². The molecule has 0 aliphatic rings. The minimum absolute atomic E-state index is 0.110. The smallest absolute Gasteiger partial charge is 0.236 e. The molecule has 0 aromatic heterocycles. The summed E-state index contributed by atoms with van der Waals surface area (Å²) in [6.45, 7) is 5.83. The number of rotatable bonds is 8. The minimum Gasteiger partial charge on any atom is -0.394 e. The molecule has 1 unspecified atom stereocenters. The second-order valence-corrected chi connectivity index (χ2v) is 4.11. The predicted octanol–water partition coefficient (Wildman–Crippen LogP) is -0.376. The van der Waals surface area contributed by atoms with Gasteiger partial charge >= 0.3 is 0 Å². The maximum Gasteiger partial charge on any atom is 0.236 e. The number of aliphatic hydroxyl groups is 2. The maximum absolute atomic E-state index is 11.6. The van der Waals surface area contributed by atoms with Crippen molar-refractivity contribution < 1.29 is 15.0 Å². The van der Waals surface area contributed by atoms with Crippen LogP contribution in [0.3, 0.4) is 0 Å². The van der Waals surface area contributed by atoms with Gasteiger partial charge in [0.05, 0.1) is 24.8 Å². The Morgan fingerprint density at radius 1 is 1.31 bits per heavy atom. The van der Waals surface area contributed by atoms with Crippen LogP contribution in [0.15, 0.2) is 0 Å². The molecular weight excluding hydrogens is 208 g/mol. The number of hydrogen-bond acceptors (Lipinski definition) is 4. The van der Waals surface area contributed by atoms with Gasteiger partial charge in [-0.15, -0.1) is 0 Å². The van der Waals surface area contributed by atoms with Crippen molar-refractivity contribution in [1.29, 1.82) is 0 Å². The Hall–Kier alpha value is -0.650. The second kappa shape index (κ2) is 7.60. The van der Waals surface area contributed by atoms with Crippen LogP contribution < -0.4 is 10.6 Å². The maximum atomic E-state index is 11.6. The first-order chi connectivity index (χ1) is 7.55. The Bertz CT molecular complexity index is 197. The van der Waals surface area contributed by atoms with Crippen LogP contribution in [0.5, 0.6) is 0 Å². The first kappa shape index (κ1) is 15.3. The van der Waals surface area contributed by atoms with Crippen molar-refractivity contribution in [3.63, 3.8) is 0 Å². The number of hydrogen-bond donors (Lipinski definition) is 4. The van der Waals surface area contributed by atoms with Gasteiger partial charge in [0.1, 0.15) is 0 Å². The van der Waals surface area contributed by atoms with Crippen LogP contribution in [-0.4, -0.2) is 47.5 Å². The van der Waals surface area contributed by atoms with Crippen LogP contribution in [0.25, 0.3) is 0 Å². The molecule has 0 saturated carbocycles. The molecule has 0 rings (SSSR count). The molecule has 0 aliphatic carbocycles. The molecule has 0 saturated heterocycles. The highest BCUT2D eigenvalue weighted by molar-refractivity contribution is 5.81. The van der Waals surface area contributed by atoms with Gasteiger partial charge in [0.2, 0.25) is 5.91 Å². The van der Waals surface area contributed by atoms with E-state index in [1.54, 1.807) is 6.92 Å². The third-order valence-electron chi connectivity index (χ3n) is 2.75. The van der Waals surface area contributed by atoms with E-state index in [0.717, 1.165) is 6.42 Å². The molecule has 0 aromatic carbocycles. The molecule has 5 heteroatoms. The van der Waals surface area contributed by atoms with Crippen molar-refractivity contribution in [2.45, 2.75) is 45.2 Å². The Kier molecular flexibility index (Phi) is 7.29. The molecule has 0 fully saturated rings. The monoisotopic (exact) mass is 232 g/mol. The zero-order valence-electron chi connectivity index (χ0n) is 10.4. The van der Waals surface area contributed by atoms with Crippen LogP contribution in [0.2, 0.25) is 0 Å². The van der Waals surface area contributed by atoms with Crippen LogP contribution in [0.1, 0.15) is 33.6 Å². The van der Waals surface area contributed by atoms with E-state index in [4.69, 9.17) is 0 Å². The number of carbonyl (C=O) groups is 1. The Labute approximate surface area is 97.2 Å². The molecule has 0 bridgehead atoms. The molecule has 1 amide bonds. The predicted molar refractivity (Wildman–Crippen MR) is 63.1 cm³/mol. The third kappa shape index (κ3) is 4.47. The normalized spacial score (nSPS) is 13.6. The van der Waals surface area contributed by atoms with E-state index in [1.807, 2.05) is 13.8 Å². The van der Waals surface area contributed by atoms with Crippen molar-refractivity contribution in [1.82, 2.24) is 10.6 Å². The van der Waals surface area contributed by atoms with Gasteiger partial charge in [-0.2, -0.15) is 0 Å². The van der Waals surface area contributed by atoms with Gasteiger partial charge in [-0.3, -0.25) is 10.1 Å². The fourth-order valence-corrected chi connectivity index (χ4v) is 1.39. The molecule has 0 aliphatic heterocycles. The molecule has 0 spiro atoms. The number of nitrogens with one attached hydrogen (secondary N) is 2. The van der Waals surface area contributed by atoms with Crippen molar-refractivity contribution in [2.75, 3.05) is 19.8 Å². The zero-order valence-corrected chi connectivity index (χ0v) is 10.4. The summed E-state index contributed by atoms with van der Waals surface area (Å²) in [7, 11) is 0. The van der Waals surface area contributed by atoms with Crippen molar-refractivity contribution in [3.8, 4) is 0 Å². The van der Waals surface area contributed by atoms with Crippen LogP contribution >= 0.6 is 0 Å². The van der Waals surface area contributed by atoms with Crippen molar-refractivity contribution >= 4 is 5.91 Å². The summed E-state index contributed by atoms with van der Waals surface area (Å²) >= 11 is 0. The molecule has 0 aromatic rings. The Morgan fingerprint density at radius 3 is 2.25 bits per heavy atom. The highest BCUT2D eigenvalue weighted by Crippen LogP contribution is 2.09. The number of aliphatic hydroxyl groups excluding tert-OH is 2. The molecule has 0 radical (unpaired) electrons. The molecule has 16 heavy (non-hydrogen) atoms. The third-order valence-corrected chi connectivity index (χ3v) is 2.75. The second-order valence-electron chi connectivity index (χ2n) is 4.11. The van der Waals surface area contributed by atoms with E-state index >= 15 is 0 Å². The fraction of sp³-hybridized carbons (Fsp3) is 0.909. The highest BCUT2D eigenvalue weighted by atomic mass is 16.3. The van der Waals surface area contributed by atoms with Gasteiger partial charge in [-0.05, 0) is 19.8 Å². The molecule has 4 N–H and O–H groups in total. The highest BCUT2D eigenvalue weighted by Gasteiger charge is 2.29. The van der Waals surface area contributed by atoms with Gasteiger partial charge in [0.25, 0.3) is 0 Å². The molecular formula is C11H24N2O3. The van der Waals surface area contributed by atoms with E-state index in [0.29, 0.717) is 13.0 Å². The average Bonchev–Trinajstić information content (AvgIpc) is 2.32. The summed E-state index contributed by atoms with van der Waals surface area (Å²) < 4.78 is 0. The lowest BCUT2D eigenvalue weighted by atomic mass is 9.97. The van der Waals surface area contributed by atoms with Crippen LogP contribution in [0.4, 0.5) is 0 Å². The molecule has 0 heterocycles. The first-order valence-corrected chi connectivity index (χ1v) is 5.82. The lowest BCUT2D eigenvalue weighted by molar-refractivity contribution is -0.123. The van der Waals surface area contributed by atoms with E-state index in [-0.39, 0.29) is 19.1 Å². The summed E-state index contributed by atoms with van der Waals surface area (Å²) in [5, 5.41) is 24.2. The van der Waals surface area contributed by atoms with Gasteiger partial charge in [0, 0.05) is 6.54 Å². The lowest BCUT2D eigenvalue weighted by Gasteiger charge is -2.32. The summed E-state index contributed by atoms with van der Waals surface area (Å²) in [6.07, 6.45) is 1.45. The average molecular weight is 232 g/mol. The van der Waals surface area contributed by atoms with E-state index in [1.165, 1.54) is 0 Å². The standard InChI is InChI=1S/C11H24N2O3/c1-4-6-12-10(16)9(3)13-11(5-2,7-14)8-15/h9,13-15H,4-8H2,1-3H3,(H,12,16). The van der Waals surface area contributed by atoms with Crippen molar-refractivity contribution in [2.24, 2.45) is 0 Å². The molecule has 1 atom stereocenters. The quantitative estimate of drug-likeness (QED) is 0.460. The topological polar surface area (TPSA) is 81.6 Å². The van der Waals surface area contributed by atoms with Gasteiger partial charge in [0.15, 0.2) is 0 Å². The zero-order chi connectivity index (χ0) is 12.6. The van der Waals surface area contributed by atoms with Gasteiger partial charge < -0.3 is 15.5 Å². The summed E-state index contributed by atoms with van der Waals surface area (Å²) in [4.78, 5) is 11.6. The summed E-state index contributed by atoms with van der Waals surface area (Å²) in [5.74, 6) is -0.110. The summed E-state index contributed by atoms with van der Waals surface area (Å²) in [5.41, 5.74) is -0.775.